The Bertz CT molecular complexity index is 482. The largest absolute Gasteiger partial charge is 0.376 e. The van der Waals surface area contributed by atoms with Gasteiger partial charge in [-0.05, 0) is 44.0 Å². The summed E-state index contributed by atoms with van der Waals surface area (Å²) < 4.78 is 5.63. The molecule has 114 valence electrons. The summed E-state index contributed by atoms with van der Waals surface area (Å²) in [6, 6.07) is 8.91. The van der Waals surface area contributed by atoms with Gasteiger partial charge in [0.05, 0.1) is 6.10 Å². The van der Waals surface area contributed by atoms with Crippen LogP contribution in [0.25, 0.3) is 0 Å². The lowest BCUT2D eigenvalue weighted by atomic mass is 9.98. The summed E-state index contributed by atoms with van der Waals surface area (Å²) in [7, 11) is 0. The zero-order valence-corrected chi connectivity index (χ0v) is 13.5. The fourth-order valence-corrected chi connectivity index (χ4v) is 3.42. The maximum atomic E-state index is 5.63. The first-order chi connectivity index (χ1) is 10.2. The molecule has 0 amide bonds. The Morgan fingerprint density at radius 2 is 2.14 bits per heavy atom. The van der Waals surface area contributed by atoms with Gasteiger partial charge in [-0.3, -0.25) is 0 Å². The van der Waals surface area contributed by atoms with E-state index in [1.54, 1.807) is 0 Å². The smallest absolute Gasteiger partial charge is 0.169 e. The molecular weight excluding hydrogens is 280 g/mol. The third-order valence-electron chi connectivity index (χ3n) is 4.53. The molecule has 2 aliphatic heterocycles. The fraction of sp³-hybridized carbons (Fsp3) is 0.588. The lowest BCUT2D eigenvalue weighted by Gasteiger charge is -2.22. The number of aryl methyl sites for hydroxylation is 1. The molecule has 1 N–H and O–H groups in total. The second-order valence-corrected chi connectivity index (χ2v) is 6.55. The predicted octanol–water partition coefficient (Wildman–Crippen LogP) is 2.84. The summed E-state index contributed by atoms with van der Waals surface area (Å²) in [6.07, 6.45) is 3.86. The van der Waals surface area contributed by atoms with Gasteiger partial charge in [-0.25, -0.2) is 0 Å². The number of thiocarbonyl (C=S) groups is 1. The minimum Gasteiger partial charge on any atom is -0.376 e. The Balaban J connectivity index is 1.49. The summed E-state index contributed by atoms with van der Waals surface area (Å²) in [6.45, 7) is 5.97. The van der Waals surface area contributed by atoms with Crippen molar-refractivity contribution in [2.75, 3.05) is 26.2 Å². The second kappa shape index (κ2) is 6.75. The van der Waals surface area contributed by atoms with Crippen LogP contribution in [0.15, 0.2) is 24.3 Å². The van der Waals surface area contributed by atoms with E-state index in [0.29, 0.717) is 12.0 Å². The highest BCUT2D eigenvalue weighted by molar-refractivity contribution is 7.80. The first kappa shape index (κ1) is 14.8. The molecule has 2 fully saturated rings. The monoisotopic (exact) mass is 304 g/mol. The molecule has 0 bridgehead atoms. The molecule has 4 heteroatoms. The highest BCUT2D eigenvalue weighted by Crippen LogP contribution is 2.27. The zero-order chi connectivity index (χ0) is 14.7. The van der Waals surface area contributed by atoms with Crippen LogP contribution in [-0.2, 0) is 4.74 Å². The number of rotatable bonds is 3. The van der Waals surface area contributed by atoms with Crippen LogP contribution in [0.3, 0.4) is 0 Å². The molecule has 0 radical (unpaired) electrons. The maximum absolute atomic E-state index is 5.63. The molecule has 0 aromatic heterocycles. The van der Waals surface area contributed by atoms with E-state index in [9.17, 15) is 0 Å². The Kier molecular flexibility index (Phi) is 4.76. The minimum atomic E-state index is 0.346. The Morgan fingerprint density at radius 1 is 1.33 bits per heavy atom. The van der Waals surface area contributed by atoms with E-state index in [1.807, 2.05) is 0 Å². The number of hydrogen-bond acceptors (Lipinski definition) is 2. The van der Waals surface area contributed by atoms with Gasteiger partial charge in [0.1, 0.15) is 0 Å². The molecule has 2 aliphatic rings. The van der Waals surface area contributed by atoms with Crippen LogP contribution in [0.1, 0.15) is 36.3 Å². The lowest BCUT2D eigenvalue weighted by Crippen LogP contribution is -2.41. The molecule has 1 aromatic carbocycles. The third-order valence-corrected chi connectivity index (χ3v) is 4.93. The van der Waals surface area contributed by atoms with Crippen molar-refractivity contribution in [2.45, 2.75) is 38.2 Å². The van der Waals surface area contributed by atoms with Crippen molar-refractivity contribution in [1.82, 2.24) is 10.2 Å². The summed E-state index contributed by atoms with van der Waals surface area (Å²) in [5.74, 6) is 0.605. The van der Waals surface area contributed by atoms with Crippen molar-refractivity contribution in [1.29, 1.82) is 0 Å². The van der Waals surface area contributed by atoms with Gasteiger partial charge in [0, 0.05) is 32.2 Å². The highest BCUT2D eigenvalue weighted by atomic mass is 32.1. The zero-order valence-electron chi connectivity index (χ0n) is 12.7. The number of likely N-dealkylation sites (tertiary alicyclic amines) is 1. The van der Waals surface area contributed by atoms with E-state index in [0.717, 1.165) is 37.8 Å². The Labute approximate surface area is 132 Å². The molecular formula is C17H24N2OS. The number of nitrogens with zero attached hydrogens (tertiary/aromatic N) is 1. The van der Waals surface area contributed by atoms with Gasteiger partial charge in [-0.15, -0.1) is 0 Å². The van der Waals surface area contributed by atoms with Gasteiger partial charge >= 0.3 is 0 Å². The van der Waals surface area contributed by atoms with Gasteiger partial charge in [0.15, 0.2) is 5.11 Å². The molecule has 0 saturated carbocycles. The Morgan fingerprint density at radius 3 is 2.86 bits per heavy atom. The topological polar surface area (TPSA) is 24.5 Å². The Hall–Kier alpha value is -1.13. The van der Waals surface area contributed by atoms with Crippen LogP contribution in [0.4, 0.5) is 0 Å². The molecule has 2 heterocycles. The molecule has 3 nitrogen and oxygen atoms in total. The normalized spacial score (nSPS) is 25.3. The van der Waals surface area contributed by atoms with Gasteiger partial charge in [-0.1, -0.05) is 29.8 Å². The van der Waals surface area contributed by atoms with Crippen LogP contribution >= 0.6 is 12.2 Å². The quantitative estimate of drug-likeness (QED) is 0.868. The molecule has 1 aromatic rings. The molecule has 3 rings (SSSR count). The van der Waals surface area contributed by atoms with E-state index in [4.69, 9.17) is 17.0 Å². The molecule has 2 saturated heterocycles. The average Bonchev–Trinajstić information content (AvgIpc) is 3.17. The summed E-state index contributed by atoms with van der Waals surface area (Å²) in [5, 5.41) is 4.27. The SMILES string of the molecule is Cc1ccc([C@H]2CCN(C(=S)NC[C@H]3CCCO3)C2)cc1. The standard InChI is InChI=1S/C17H24N2OS/c1-13-4-6-14(7-5-13)15-8-9-19(12-15)17(21)18-11-16-3-2-10-20-16/h4-7,15-16H,2-3,8-12H2,1H3,(H,18,21)/t15-,16+/m0/s1. The highest BCUT2D eigenvalue weighted by Gasteiger charge is 2.26. The number of benzene rings is 1. The van der Waals surface area contributed by atoms with Gasteiger partial charge < -0.3 is 15.0 Å². The second-order valence-electron chi connectivity index (χ2n) is 6.16. The van der Waals surface area contributed by atoms with E-state index < -0.39 is 0 Å². The van der Waals surface area contributed by atoms with Crippen molar-refractivity contribution < 1.29 is 4.74 Å². The van der Waals surface area contributed by atoms with Crippen molar-refractivity contribution in [3.05, 3.63) is 35.4 Å². The molecule has 2 atom stereocenters. The first-order valence-corrected chi connectivity index (χ1v) is 8.34. The first-order valence-electron chi connectivity index (χ1n) is 7.93. The van der Waals surface area contributed by atoms with Crippen LogP contribution in [0.2, 0.25) is 0 Å². The van der Waals surface area contributed by atoms with Crippen LogP contribution in [0.5, 0.6) is 0 Å². The van der Waals surface area contributed by atoms with Crippen LogP contribution in [-0.4, -0.2) is 42.4 Å². The van der Waals surface area contributed by atoms with Crippen molar-refractivity contribution in [3.8, 4) is 0 Å². The molecule has 0 unspecified atom stereocenters. The summed E-state index contributed by atoms with van der Waals surface area (Å²) >= 11 is 5.53. The average molecular weight is 304 g/mol. The maximum Gasteiger partial charge on any atom is 0.169 e. The minimum absolute atomic E-state index is 0.346. The lowest BCUT2D eigenvalue weighted by molar-refractivity contribution is 0.113. The molecule has 21 heavy (non-hydrogen) atoms. The number of ether oxygens (including phenoxy) is 1. The summed E-state index contributed by atoms with van der Waals surface area (Å²) in [4.78, 5) is 2.30. The van der Waals surface area contributed by atoms with Crippen molar-refractivity contribution in [2.24, 2.45) is 0 Å². The third kappa shape index (κ3) is 3.74. The van der Waals surface area contributed by atoms with E-state index in [2.05, 4.69) is 41.4 Å². The molecule has 0 aliphatic carbocycles. The van der Waals surface area contributed by atoms with E-state index in [-0.39, 0.29) is 0 Å². The fourth-order valence-electron chi connectivity index (χ4n) is 3.17. The van der Waals surface area contributed by atoms with E-state index in [1.165, 1.54) is 24.0 Å². The van der Waals surface area contributed by atoms with Gasteiger partial charge in [-0.2, -0.15) is 0 Å². The number of nitrogens with one attached hydrogen (secondary N) is 1. The molecule has 0 spiro atoms. The van der Waals surface area contributed by atoms with E-state index >= 15 is 0 Å². The predicted molar refractivity (Wildman–Crippen MR) is 89.7 cm³/mol. The van der Waals surface area contributed by atoms with Crippen LogP contribution in [0, 0.1) is 6.92 Å². The number of hydrogen-bond donors (Lipinski definition) is 1. The van der Waals surface area contributed by atoms with Crippen LogP contribution < -0.4 is 5.32 Å². The van der Waals surface area contributed by atoms with Gasteiger partial charge in [0.2, 0.25) is 0 Å². The van der Waals surface area contributed by atoms with Crippen molar-refractivity contribution in [3.63, 3.8) is 0 Å². The summed E-state index contributed by atoms with van der Waals surface area (Å²) in [5.41, 5.74) is 2.76. The van der Waals surface area contributed by atoms with Gasteiger partial charge in [0.25, 0.3) is 0 Å². The van der Waals surface area contributed by atoms with Crippen molar-refractivity contribution >= 4 is 17.3 Å².